The predicted octanol–water partition coefficient (Wildman–Crippen LogP) is -0.118. The van der Waals surface area contributed by atoms with Crippen molar-refractivity contribution in [2.75, 3.05) is 31.3 Å². The van der Waals surface area contributed by atoms with Gasteiger partial charge in [0.1, 0.15) is 35.5 Å². The van der Waals surface area contributed by atoms with Gasteiger partial charge in [0.25, 0.3) is 5.56 Å². The summed E-state index contributed by atoms with van der Waals surface area (Å²) >= 11 is 10.6. The van der Waals surface area contributed by atoms with Crippen LogP contribution in [0.2, 0.25) is 0 Å². The van der Waals surface area contributed by atoms with Crippen molar-refractivity contribution in [2.45, 2.75) is 48.6 Å². The standard InChI is InChI=1S/C22H24FN9O10P2S2/c23-10-9-3-37-43(34,45)42-15-14-20(31-6-27-11-8(24)1-2-26-16(11)31)40-22(15,4-36-14)5-38-44(35,46)41-13(10)19(39-9)32-7-28-12-17(32)29-21(25)30-18(12)33/h1-2,6-7,9-10,13-15,19-20H,3-5H2,(H2,24,26)(H,34,45)(H,35,46)(H3,25,29,30,33)/t9-,10?,13?,14-,15?,19-,20-,22-,43?,44?/m1/s1. The highest BCUT2D eigenvalue weighted by Gasteiger charge is 2.65. The Kier molecular flexibility index (Phi) is 7.17. The molecule has 0 aromatic carbocycles. The van der Waals surface area contributed by atoms with E-state index >= 15 is 4.39 Å². The van der Waals surface area contributed by atoms with Crippen molar-refractivity contribution in [3.05, 3.63) is 35.3 Å². The molecule has 19 nitrogen and oxygen atoms in total. The zero-order valence-corrected chi connectivity index (χ0v) is 26.5. The third-order valence-electron chi connectivity index (χ3n) is 8.10. The van der Waals surface area contributed by atoms with Crippen LogP contribution in [0.5, 0.6) is 0 Å². The number of pyridine rings is 1. The Hall–Kier alpha value is -2.56. The summed E-state index contributed by atoms with van der Waals surface area (Å²) in [6, 6.07) is 1.60. The molecule has 4 bridgehead atoms. The van der Waals surface area contributed by atoms with Crippen molar-refractivity contribution in [3.8, 4) is 0 Å². The first kappa shape index (κ1) is 30.8. The van der Waals surface area contributed by atoms with Crippen molar-refractivity contribution in [1.82, 2.24) is 34.1 Å². The van der Waals surface area contributed by atoms with Gasteiger partial charge >= 0.3 is 13.4 Å². The molecule has 4 fully saturated rings. The number of anilines is 2. The average molecular weight is 720 g/mol. The molecule has 4 aliphatic rings. The van der Waals surface area contributed by atoms with Gasteiger partial charge in [-0.2, -0.15) is 4.98 Å². The summed E-state index contributed by atoms with van der Waals surface area (Å²) in [7, 11) is 0. The number of halogens is 1. The Morgan fingerprint density at radius 2 is 1.74 bits per heavy atom. The fraction of sp³-hybridized carbons (Fsp3) is 0.500. The number of ether oxygens (including phenoxy) is 3. The minimum Gasteiger partial charge on any atom is -0.397 e. The van der Waals surface area contributed by atoms with E-state index in [0.29, 0.717) is 16.9 Å². The predicted molar refractivity (Wildman–Crippen MR) is 161 cm³/mol. The largest absolute Gasteiger partial charge is 0.397 e. The highest BCUT2D eigenvalue weighted by molar-refractivity contribution is 8.07. The first-order valence-electron chi connectivity index (χ1n) is 13.5. The van der Waals surface area contributed by atoms with Gasteiger partial charge in [-0.1, -0.05) is 0 Å². The number of nitrogens with one attached hydrogen (secondary N) is 1. The number of hydrogen-bond donors (Lipinski definition) is 5. The molecule has 24 heteroatoms. The Labute approximate surface area is 266 Å². The molecule has 8 rings (SSSR count). The maximum absolute atomic E-state index is 16.0. The number of rotatable bonds is 2. The highest BCUT2D eigenvalue weighted by Crippen LogP contribution is 2.58. The second kappa shape index (κ2) is 10.7. The fourth-order valence-corrected chi connectivity index (χ4v) is 8.91. The molecule has 0 amide bonds. The van der Waals surface area contributed by atoms with E-state index in [0.717, 1.165) is 0 Å². The van der Waals surface area contributed by atoms with E-state index in [4.69, 9.17) is 67.4 Å². The number of imidazole rings is 2. The summed E-state index contributed by atoms with van der Waals surface area (Å²) in [5.41, 5.74) is 10.7. The Morgan fingerprint density at radius 3 is 2.54 bits per heavy atom. The molecule has 0 saturated carbocycles. The van der Waals surface area contributed by atoms with Gasteiger partial charge in [0.05, 0.1) is 38.2 Å². The molecule has 4 aromatic heterocycles. The van der Waals surface area contributed by atoms with Crippen LogP contribution in [0.4, 0.5) is 16.0 Å². The number of fused-ring (bicyclic) bond motifs is 4. The van der Waals surface area contributed by atoms with Gasteiger partial charge < -0.3 is 44.5 Å². The van der Waals surface area contributed by atoms with Gasteiger partial charge in [-0.3, -0.25) is 28.0 Å². The van der Waals surface area contributed by atoms with Crippen LogP contribution < -0.4 is 17.0 Å². The lowest BCUT2D eigenvalue weighted by atomic mass is 10.0. The molecule has 0 radical (unpaired) electrons. The van der Waals surface area contributed by atoms with E-state index in [1.807, 2.05) is 0 Å². The molecule has 246 valence electrons. The summed E-state index contributed by atoms with van der Waals surface area (Å²) < 4.78 is 60.1. The number of aromatic amines is 1. The molecule has 7 N–H and O–H groups in total. The number of nitrogens with two attached hydrogens (primary N) is 2. The van der Waals surface area contributed by atoms with Crippen molar-refractivity contribution in [3.63, 3.8) is 0 Å². The van der Waals surface area contributed by atoms with Gasteiger partial charge in [-0.25, -0.2) is 19.3 Å². The molecule has 46 heavy (non-hydrogen) atoms. The van der Waals surface area contributed by atoms with Gasteiger partial charge in [0.2, 0.25) is 5.95 Å². The summed E-state index contributed by atoms with van der Waals surface area (Å²) in [5, 5.41) is 0. The number of hydrogen-bond acceptors (Lipinski definition) is 16. The van der Waals surface area contributed by atoms with E-state index in [-0.39, 0.29) is 23.7 Å². The van der Waals surface area contributed by atoms with Crippen LogP contribution >= 0.6 is 13.4 Å². The van der Waals surface area contributed by atoms with Gasteiger partial charge in [-0.05, 0) is 29.7 Å². The second-order valence-electron chi connectivity index (χ2n) is 11.0. The lowest BCUT2D eigenvalue weighted by molar-refractivity contribution is -0.183. The molecule has 8 heterocycles. The van der Waals surface area contributed by atoms with Gasteiger partial charge in [0.15, 0.2) is 35.4 Å². The SMILES string of the molecule is Nc1nc2c(ncn2[C@@H]2O[C@@H]3COP(O)(=S)OC4[C@H]5OC[C@]4(COP(O)(=S)OC2C3F)O[C@H]5n2cnc3c(N)ccnc32)c(=O)[nH]1. The van der Waals surface area contributed by atoms with Crippen molar-refractivity contribution < 1.29 is 46.5 Å². The van der Waals surface area contributed by atoms with E-state index < -0.39 is 80.9 Å². The average Bonchev–Trinajstić information content (AvgIpc) is 3.80. The second-order valence-corrected chi connectivity index (χ2v) is 16.5. The zero-order valence-electron chi connectivity index (χ0n) is 23.1. The number of aromatic nitrogens is 7. The molecule has 5 unspecified atom stereocenters. The lowest BCUT2D eigenvalue weighted by Gasteiger charge is -2.33. The molecule has 4 aliphatic heterocycles. The van der Waals surface area contributed by atoms with Gasteiger partial charge in [0, 0.05) is 6.20 Å². The quantitative estimate of drug-likeness (QED) is 0.169. The lowest BCUT2D eigenvalue weighted by Crippen LogP contribution is -2.45. The fourth-order valence-electron chi connectivity index (χ4n) is 6.03. The zero-order chi connectivity index (χ0) is 32.2. The minimum absolute atomic E-state index is 0.0537. The van der Waals surface area contributed by atoms with E-state index in [1.165, 1.54) is 23.4 Å². The van der Waals surface area contributed by atoms with Crippen LogP contribution in [-0.2, 0) is 55.9 Å². The van der Waals surface area contributed by atoms with Crippen LogP contribution in [-0.4, -0.2) is 99.9 Å². The first-order chi connectivity index (χ1) is 21.8. The Morgan fingerprint density at radius 1 is 1.00 bits per heavy atom. The number of nitrogen functional groups attached to an aromatic ring is 2. The van der Waals surface area contributed by atoms with Crippen molar-refractivity contribution in [1.29, 1.82) is 0 Å². The number of nitrogens with zero attached hydrogens (tertiary/aromatic N) is 6. The third kappa shape index (κ3) is 4.91. The summed E-state index contributed by atoms with van der Waals surface area (Å²) in [4.78, 5) is 53.8. The van der Waals surface area contributed by atoms with Crippen LogP contribution in [0.15, 0.2) is 29.7 Å². The first-order valence-corrected chi connectivity index (χ1v) is 18.7. The molecule has 0 spiro atoms. The smallest absolute Gasteiger partial charge is 0.325 e. The molecule has 0 aliphatic carbocycles. The Balaban J connectivity index is 1.14. The molecule has 4 saturated heterocycles. The topological polar surface area (TPSA) is 251 Å². The van der Waals surface area contributed by atoms with E-state index in [1.54, 1.807) is 10.6 Å². The number of alkyl halides is 1. The van der Waals surface area contributed by atoms with Crippen LogP contribution in [0.25, 0.3) is 22.3 Å². The van der Waals surface area contributed by atoms with E-state index in [9.17, 15) is 14.6 Å². The summed E-state index contributed by atoms with van der Waals surface area (Å²) in [6.45, 7) is -9.66. The molecule has 10 atom stereocenters. The maximum atomic E-state index is 16.0. The number of H-pyrrole nitrogens is 1. The molecule has 4 aromatic rings. The van der Waals surface area contributed by atoms with E-state index in [2.05, 4.69) is 24.9 Å². The molecular weight excluding hydrogens is 695 g/mol. The van der Waals surface area contributed by atoms with Crippen LogP contribution in [0.1, 0.15) is 12.5 Å². The Bertz CT molecular complexity index is 2030. The third-order valence-corrected chi connectivity index (χ3v) is 11.2. The monoisotopic (exact) mass is 719 g/mol. The molecular formula is C22H24FN9O10P2S2. The normalized spacial score (nSPS) is 39.7. The maximum Gasteiger partial charge on any atom is 0.325 e. The van der Waals surface area contributed by atoms with Gasteiger partial charge in [-0.15, -0.1) is 0 Å². The summed E-state index contributed by atoms with van der Waals surface area (Å²) in [5.74, 6) is -0.231. The van der Waals surface area contributed by atoms with Crippen molar-refractivity contribution >= 4 is 71.0 Å². The van der Waals surface area contributed by atoms with Crippen LogP contribution in [0.3, 0.4) is 0 Å². The van der Waals surface area contributed by atoms with Crippen molar-refractivity contribution in [2.24, 2.45) is 0 Å². The minimum atomic E-state index is -4.29. The van der Waals surface area contributed by atoms with Crippen LogP contribution in [0, 0.1) is 0 Å². The summed E-state index contributed by atoms with van der Waals surface area (Å²) in [6.07, 6.45) is -5.25. The highest BCUT2D eigenvalue weighted by atomic mass is 32.5.